The first-order valence-electron chi connectivity index (χ1n) is 21.5. The van der Waals surface area contributed by atoms with Crippen molar-refractivity contribution in [1.29, 1.82) is 0 Å². The van der Waals surface area contributed by atoms with Gasteiger partial charge in [-0.25, -0.2) is 22.0 Å². The van der Waals surface area contributed by atoms with Gasteiger partial charge in [-0.15, -0.1) is 0 Å². The van der Waals surface area contributed by atoms with Gasteiger partial charge >= 0.3 is 0 Å². The lowest BCUT2D eigenvalue weighted by atomic mass is 10.1. The number of anilines is 3. The Morgan fingerprint density at radius 3 is 1.74 bits per heavy atom. The Balaban J connectivity index is 0.000000259. The fourth-order valence-corrected chi connectivity index (χ4v) is 7.04. The first kappa shape index (κ1) is 52.3. The number of amides is 3. The van der Waals surface area contributed by atoms with Gasteiger partial charge < -0.3 is 35.0 Å². The zero-order chi connectivity index (χ0) is 48.8. The molecule has 0 saturated carbocycles. The number of rotatable bonds is 12. The molecule has 1 heterocycles. The average molecular weight is 939 g/mol. The van der Waals surface area contributed by atoms with E-state index in [0.717, 1.165) is 47.7 Å². The van der Waals surface area contributed by atoms with Crippen LogP contribution in [-0.2, 0) is 9.59 Å². The summed E-state index contributed by atoms with van der Waals surface area (Å²) in [7, 11) is 0. The Labute approximate surface area is 387 Å². The van der Waals surface area contributed by atoms with E-state index in [1.165, 1.54) is 56.1 Å². The Morgan fingerprint density at radius 1 is 0.697 bits per heavy atom. The zero-order valence-corrected chi connectivity index (χ0v) is 39.1. The molecule has 0 bridgehead atoms. The van der Waals surface area contributed by atoms with Crippen LogP contribution in [-0.4, -0.2) is 66.6 Å². The minimum absolute atomic E-state index is 0.0370. The molecule has 6 rings (SSSR count). The maximum atomic E-state index is 13.9. The van der Waals surface area contributed by atoms with E-state index in [2.05, 4.69) is 47.5 Å². The van der Waals surface area contributed by atoms with Gasteiger partial charge in [0, 0.05) is 37.9 Å². The quantitative estimate of drug-likeness (QED) is 0.0493. The number of carbonyl (C=O) groups excluding carboxylic acids is 3. The molecule has 10 nitrogen and oxygen atoms in total. The molecule has 0 aromatic heterocycles. The summed E-state index contributed by atoms with van der Waals surface area (Å²) in [6.45, 7) is 19.3. The highest BCUT2D eigenvalue weighted by Crippen LogP contribution is 2.35. The number of phenolic OH excluding ortho intramolecular Hbond substituents is 1. The molecule has 354 valence electrons. The summed E-state index contributed by atoms with van der Waals surface area (Å²) >= 11 is 6.08. The predicted octanol–water partition coefficient (Wildman–Crippen LogP) is 11.6. The van der Waals surface area contributed by atoms with E-state index in [1.807, 2.05) is 58.1 Å². The molecular formula is C50H56ClF5N4O6. The summed E-state index contributed by atoms with van der Waals surface area (Å²) < 4.78 is 79.0. The summed E-state index contributed by atoms with van der Waals surface area (Å²) in [5, 5.41) is 14.2. The maximum absolute atomic E-state index is 13.9. The van der Waals surface area contributed by atoms with E-state index in [4.69, 9.17) is 21.1 Å². The molecule has 1 atom stereocenters. The number of aromatic hydroxyl groups is 1. The fourth-order valence-electron chi connectivity index (χ4n) is 6.83. The van der Waals surface area contributed by atoms with Crippen LogP contribution in [0.2, 0.25) is 5.02 Å². The predicted molar refractivity (Wildman–Crippen MR) is 249 cm³/mol. The van der Waals surface area contributed by atoms with Crippen LogP contribution in [0.5, 0.6) is 17.2 Å². The molecule has 1 aliphatic rings. The fraction of sp³-hybridized carbons (Fsp3) is 0.340. The molecule has 1 aliphatic heterocycles. The molecule has 16 heteroatoms. The number of hydrogen-bond acceptors (Lipinski definition) is 7. The number of likely N-dealkylation sites (N-methyl/N-ethyl adjacent to an activating group) is 1. The number of ether oxygens (including phenoxy) is 2. The van der Waals surface area contributed by atoms with Crippen LogP contribution >= 0.6 is 11.6 Å². The number of aryl methyl sites for hydroxylation is 5. The number of piperidine rings is 1. The first-order valence-corrected chi connectivity index (χ1v) is 21.8. The van der Waals surface area contributed by atoms with Crippen molar-refractivity contribution in [3.8, 4) is 17.2 Å². The lowest BCUT2D eigenvalue weighted by molar-refractivity contribution is -0.133. The van der Waals surface area contributed by atoms with Crippen molar-refractivity contribution in [2.24, 2.45) is 0 Å². The van der Waals surface area contributed by atoms with E-state index in [0.29, 0.717) is 5.75 Å². The highest BCUT2D eigenvalue weighted by Gasteiger charge is 2.30. The number of halogens is 6. The number of carbonyl (C=O) groups is 3. The van der Waals surface area contributed by atoms with Gasteiger partial charge in [-0.05, 0) is 116 Å². The number of hydrogen-bond donors (Lipinski definition) is 3. The van der Waals surface area contributed by atoms with Crippen LogP contribution in [0, 0.1) is 63.7 Å². The summed E-state index contributed by atoms with van der Waals surface area (Å²) in [6.07, 6.45) is 3.13. The molecule has 5 aromatic rings. The molecule has 0 radical (unpaired) electrons. The van der Waals surface area contributed by atoms with Crippen LogP contribution in [0.1, 0.15) is 78.2 Å². The maximum Gasteiger partial charge on any atom is 0.265 e. The van der Waals surface area contributed by atoms with Crippen LogP contribution in [0.4, 0.5) is 39.0 Å². The number of phenols is 1. The van der Waals surface area contributed by atoms with E-state index in [1.54, 1.807) is 24.0 Å². The third-order valence-corrected chi connectivity index (χ3v) is 10.9. The summed E-state index contributed by atoms with van der Waals surface area (Å²) in [4.78, 5) is 40.8. The van der Waals surface area contributed by atoms with Gasteiger partial charge in [0.25, 0.3) is 17.7 Å². The zero-order valence-electron chi connectivity index (χ0n) is 38.3. The Hall–Kier alpha value is -6.35. The lowest BCUT2D eigenvalue weighted by Crippen LogP contribution is -2.34. The molecule has 1 fully saturated rings. The van der Waals surface area contributed by atoms with Crippen molar-refractivity contribution in [1.82, 2.24) is 4.90 Å². The van der Waals surface area contributed by atoms with E-state index >= 15 is 0 Å². The molecule has 5 aromatic carbocycles. The second-order valence-corrected chi connectivity index (χ2v) is 16.2. The van der Waals surface area contributed by atoms with E-state index in [9.17, 15) is 41.4 Å². The number of nitrogens with zero attached hydrogens (tertiary/aromatic N) is 2. The normalized spacial score (nSPS) is 12.4. The highest BCUT2D eigenvalue weighted by atomic mass is 35.5. The first-order chi connectivity index (χ1) is 31.2. The number of benzene rings is 5. The Morgan fingerprint density at radius 2 is 1.21 bits per heavy atom. The summed E-state index contributed by atoms with van der Waals surface area (Å²) in [6, 6.07) is 22.0. The average Bonchev–Trinajstić information content (AvgIpc) is 3.28. The third kappa shape index (κ3) is 14.1. The summed E-state index contributed by atoms with van der Waals surface area (Å²) in [5.74, 6) is -13.6. The molecular weight excluding hydrogens is 883 g/mol. The van der Waals surface area contributed by atoms with Gasteiger partial charge in [0.2, 0.25) is 5.82 Å². The molecule has 0 spiro atoms. The molecule has 1 unspecified atom stereocenters. The van der Waals surface area contributed by atoms with Crippen LogP contribution in [0.25, 0.3) is 0 Å². The molecule has 3 amide bonds. The molecule has 1 saturated heterocycles. The van der Waals surface area contributed by atoms with Crippen molar-refractivity contribution < 1.29 is 50.9 Å². The number of nitrogens with one attached hydrogen (secondary N) is 2. The van der Waals surface area contributed by atoms with Crippen LogP contribution in [0.15, 0.2) is 72.8 Å². The minimum atomic E-state index is -2.43. The van der Waals surface area contributed by atoms with Crippen molar-refractivity contribution >= 4 is 46.4 Å². The topological polar surface area (TPSA) is 120 Å². The standard InChI is InChI=1S/C24H18ClF5N2O4.C14H21NO2.C12H17N/c1-9-4-5-16(10(2)6-9)36-11(3)23(34)31-13-8-15(33)14(7-12(13)25)32-24(35)17-18(26)20(28)22(30)21(29)19(17)27;1-5-15(6-2)14(16)10-17-13-8-7-11(3)9-12(13)4;1-11-5-7-12(8-6-11)13-9-3-2-4-10-13/h4-8,11,33H,1-3H3,(H,31,34)(H,32,35);7-9H,5-6,10H2,1-4H3;5-8H,2-4,9-10H2,1H3. The largest absolute Gasteiger partial charge is 0.506 e. The molecule has 0 aliphatic carbocycles. The van der Waals surface area contributed by atoms with Crippen LogP contribution < -0.4 is 25.0 Å². The molecule has 66 heavy (non-hydrogen) atoms. The van der Waals surface area contributed by atoms with E-state index < -0.39 is 64.0 Å². The van der Waals surface area contributed by atoms with Crippen molar-refractivity contribution in [2.75, 3.05) is 48.3 Å². The van der Waals surface area contributed by atoms with Gasteiger partial charge in [-0.2, -0.15) is 0 Å². The van der Waals surface area contributed by atoms with Crippen molar-refractivity contribution in [3.63, 3.8) is 0 Å². The van der Waals surface area contributed by atoms with Gasteiger partial charge in [0.15, 0.2) is 36.0 Å². The SMILES string of the molecule is CCN(CC)C(=O)COc1ccc(C)cc1C.Cc1ccc(N2CCCCC2)cc1.Cc1ccc(OC(C)C(=O)Nc2cc(O)c(NC(=O)c3c(F)c(F)c(F)c(F)c3F)cc2Cl)c(C)c1. The van der Waals surface area contributed by atoms with E-state index in [-0.39, 0.29) is 23.2 Å². The van der Waals surface area contributed by atoms with Crippen LogP contribution in [0.3, 0.4) is 0 Å². The highest BCUT2D eigenvalue weighted by molar-refractivity contribution is 6.34. The summed E-state index contributed by atoms with van der Waals surface area (Å²) in [5.41, 5.74) is 4.44. The van der Waals surface area contributed by atoms with Crippen molar-refractivity contribution in [2.45, 2.75) is 80.8 Å². The Kier molecular flexibility index (Phi) is 19.2. The lowest BCUT2D eigenvalue weighted by Gasteiger charge is -2.28. The Bertz CT molecular complexity index is 2470. The van der Waals surface area contributed by atoms with Gasteiger partial charge in [-0.1, -0.05) is 64.7 Å². The van der Waals surface area contributed by atoms with Crippen molar-refractivity contribution in [3.05, 3.63) is 140 Å². The van der Waals surface area contributed by atoms with Gasteiger partial charge in [0.1, 0.15) is 22.8 Å². The second-order valence-electron chi connectivity index (χ2n) is 15.8. The van der Waals surface area contributed by atoms with Gasteiger partial charge in [0.05, 0.1) is 16.4 Å². The minimum Gasteiger partial charge on any atom is -0.506 e. The monoisotopic (exact) mass is 938 g/mol. The molecule has 3 N–H and O–H groups in total. The third-order valence-electron chi connectivity index (χ3n) is 10.6. The van der Waals surface area contributed by atoms with Gasteiger partial charge in [-0.3, -0.25) is 14.4 Å². The second kappa shape index (κ2) is 24.3. The smallest absolute Gasteiger partial charge is 0.265 e.